The first-order valence-corrected chi connectivity index (χ1v) is 3.14. The Bertz CT molecular complexity index is 219. The molecular formula is C7H10N2O2. The van der Waals surface area contributed by atoms with Crippen LogP contribution in [0.1, 0.15) is 13.3 Å². The van der Waals surface area contributed by atoms with Gasteiger partial charge in [0.15, 0.2) is 5.57 Å². The van der Waals surface area contributed by atoms with Gasteiger partial charge in [0.2, 0.25) is 0 Å². The van der Waals surface area contributed by atoms with Crippen LogP contribution in [0.2, 0.25) is 0 Å². The Morgan fingerprint density at radius 3 is 2.36 bits per heavy atom. The van der Waals surface area contributed by atoms with Crippen LogP contribution >= 0.6 is 0 Å². The zero-order valence-corrected chi connectivity index (χ0v) is 6.55. The van der Waals surface area contributed by atoms with Gasteiger partial charge in [-0.25, -0.2) is 0 Å². The van der Waals surface area contributed by atoms with Gasteiger partial charge in [-0.05, 0) is 0 Å². The van der Waals surface area contributed by atoms with Crippen molar-refractivity contribution in [3.8, 4) is 6.07 Å². The second-order valence-corrected chi connectivity index (χ2v) is 1.83. The molecular weight excluding hydrogens is 144 g/mol. The lowest BCUT2D eigenvalue weighted by atomic mass is 10.2. The molecule has 0 aromatic carbocycles. The molecule has 0 saturated carbocycles. The average molecular weight is 154 g/mol. The Kier molecular flexibility index (Phi) is 3.75. The highest BCUT2D eigenvalue weighted by atomic mass is 16.5. The molecule has 0 aromatic rings. The highest BCUT2D eigenvalue weighted by molar-refractivity contribution is 5.96. The number of rotatable bonds is 3. The molecule has 0 fully saturated rings. The Balaban J connectivity index is 4.82. The first kappa shape index (κ1) is 9.50. The third-order valence-electron chi connectivity index (χ3n) is 1.20. The maximum absolute atomic E-state index is 10.6. The lowest BCUT2D eigenvalue weighted by Crippen LogP contribution is -2.15. The fourth-order valence-corrected chi connectivity index (χ4v) is 0.678. The van der Waals surface area contributed by atoms with E-state index in [0.29, 0.717) is 12.2 Å². The number of methoxy groups -OCH3 is 1. The Morgan fingerprint density at radius 2 is 2.27 bits per heavy atom. The molecule has 0 aliphatic heterocycles. The number of carbonyl (C=O) groups excluding carboxylic acids is 1. The van der Waals surface area contributed by atoms with Crippen LogP contribution in [-0.4, -0.2) is 13.0 Å². The van der Waals surface area contributed by atoms with Gasteiger partial charge in [0.25, 0.3) is 5.91 Å². The molecule has 4 heteroatoms. The molecule has 0 bridgehead atoms. The summed E-state index contributed by atoms with van der Waals surface area (Å²) in [4.78, 5) is 10.6. The zero-order chi connectivity index (χ0) is 8.85. The van der Waals surface area contributed by atoms with Crippen LogP contribution in [0.15, 0.2) is 11.3 Å². The molecule has 0 rings (SSSR count). The minimum absolute atomic E-state index is 0.102. The van der Waals surface area contributed by atoms with Gasteiger partial charge in [0, 0.05) is 6.42 Å². The summed E-state index contributed by atoms with van der Waals surface area (Å²) in [6.45, 7) is 1.78. The fraction of sp³-hybridized carbons (Fsp3) is 0.429. The molecule has 0 aliphatic carbocycles. The molecule has 4 nitrogen and oxygen atoms in total. The number of nitriles is 1. The van der Waals surface area contributed by atoms with E-state index in [-0.39, 0.29) is 5.57 Å². The van der Waals surface area contributed by atoms with Gasteiger partial charge in [-0.1, -0.05) is 6.92 Å². The topological polar surface area (TPSA) is 76.1 Å². The number of nitrogens with two attached hydrogens (primary N) is 1. The molecule has 0 atom stereocenters. The van der Waals surface area contributed by atoms with Crippen LogP contribution in [0.4, 0.5) is 0 Å². The molecule has 0 spiro atoms. The van der Waals surface area contributed by atoms with Crippen LogP contribution in [0.3, 0.4) is 0 Å². The number of allylic oxidation sites excluding steroid dienone is 1. The highest BCUT2D eigenvalue weighted by Crippen LogP contribution is 2.07. The second-order valence-electron chi connectivity index (χ2n) is 1.83. The molecule has 0 saturated heterocycles. The fourth-order valence-electron chi connectivity index (χ4n) is 0.678. The maximum atomic E-state index is 10.6. The third kappa shape index (κ3) is 2.30. The predicted octanol–water partition coefficient (Wildman–Crippen LogP) is 0.306. The zero-order valence-electron chi connectivity index (χ0n) is 6.55. The van der Waals surface area contributed by atoms with Crippen molar-refractivity contribution in [2.75, 3.05) is 7.11 Å². The van der Waals surface area contributed by atoms with Crippen molar-refractivity contribution in [3.63, 3.8) is 0 Å². The van der Waals surface area contributed by atoms with Crippen LogP contribution < -0.4 is 5.73 Å². The van der Waals surface area contributed by atoms with Crippen molar-refractivity contribution in [2.24, 2.45) is 5.73 Å². The Hall–Kier alpha value is -1.50. The van der Waals surface area contributed by atoms with E-state index in [1.807, 2.05) is 0 Å². The number of amides is 1. The normalized spacial score (nSPS) is 11.4. The number of nitrogens with zero attached hydrogens (tertiary/aromatic N) is 1. The van der Waals surface area contributed by atoms with Crippen molar-refractivity contribution in [1.29, 1.82) is 5.26 Å². The second kappa shape index (κ2) is 4.34. The summed E-state index contributed by atoms with van der Waals surface area (Å²) in [7, 11) is 1.40. The first-order chi connectivity index (χ1) is 5.17. The van der Waals surface area contributed by atoms with E-state index >= 15 is 0 Å². The van der Waals surface area contributed by atoms with E-state index in [4.69, 9.17) is 15.7 Å². The van der Waals surface area contributed by atoms with Crippen molar-refractivity contribution in [2.45, 2.75) is 13.3 Å². The van der Waals surface area contributed by atoms with Gasteiger partial charge in [0.05, 0.1) is 7.11 Å². The molecule has 0 radical (unpaired) electrons. The van der Waals surface area contributed by atoms with Crippen molar-refractivity contribution in [3.05, 3.63) is 11.3 Å². The molecule has 0 aromatic heterocycles. The molecule has 0 aliphatic rings. The van der Waals surface area contributed by atoms with Gasteiger partial charge in [-0.15, -0.1) is 0 Å². The standard InChI is InChI=1S/C7H10N2O2/c1-3-6(11-2)5(4-8)7(9)10/h3H2,1-2H3,(H2,9,10). The summed E-state index contributed by atoms with van der Waals surface area (Å²) in [6.07, 6.45) is 0.488. The van der Waals surface area contributed by atoms with Crippen LogP contribution in [0, 0.1) is 11.3 Å². The first-order valence-electron chi connectivity index (χ1n) is 3.14. The van der Waals surface area contributed by atoms with Gasteiger partial charge in [-0.2, -0.15) is 5.26 Å². The van der Waals surface area contributed by atoms with Crippen LogP contribution in [0.5, 0.6) is 0 Å². The number of hydrogen-bond donors (Lipinski definition) is 1. The minimum Gasteiger partial charge on any atom is -0.500 e. The number of primary amides is 1. The summed E-state index contributed by atoms with van der Waals surface area (Å²) in [5.74, 6) is -0.411. The summed E-state index contributed by atoms with van der Waals surface area (Å²) in [6, 6.07) is 1.68. The minimum atomic E-state index is -0.744. The summed E-state index contributed by atoms with van der Waals surface area (Å²) in [5, 5.41) is 8.44. The van der Waals surface area contributed by atoms with E-state index in [0.717, 1.165) is 0 Å². The lowest BCUT2D eigenvalue weighted by molar-refractivity contribution is -0.114. The third-order valence-corrected chi connectivity index (χ3v) is 1.20. The molecule has 0 heterocycles. The van der Waals surface area contributed by atoms with E-state index < -0.39 is 5.91 Å². The number of hydrogen-bond acceptors (Lipinski definition) is 3. The Labute approximate surface area is 65.2 Å². The Morgan fingerprint density at radius 1 is 1.73 bits per heavy atom. The monoisotopic (exact) mass is 154 g/mol. The SMILES string of the molecule is CCC(OC)=C(C#N)C(N)=O. The quantitative estimate of drug-likeness (QED) is 0.361. The van der Waals surface area contributed by atoms with Crippen LogP contribution in [-0.2, 0) is 9.53 Å². The lowest BCUT2D eigenvalue weighted by Gasteiger charge is -2.02. The van der Waals surface area contributed by atoms with Gasteiger partial charge < -0.3 is 10.5 Å². The highest BCUT2D eigenvalue weighted by Gasteiger charge is 2.10. The average Bonchev–Trinajstić information content (AvgIpc) is 1.99. The summed E-state index contributed by atoms with van der Waals surface area (Å²) < 4.78 is 4.77. The smallest absolute Gasteiger partial charge is 0.262 e. The van der Waals surface area contributed by atoms with Gasteiger partial charge >= 0.3 is 0 Å². The maximum Gasteiger partial charge on any atom is 0.262 e. The van der Waals surface area contributed by atoms with Crippen molar-refractivity contribution < 1.29 is 9.53 Å². The van der Waals surface area contributed by atoms with Crippen LogP contribution in [0.25, 0.3) is 0 Å². The molecule has 0 unspecified atom stereocenters. The molecule has 11 heavy (non-hydrogen) atoms. The van der Waals surface area contributed by atoms with Crippen molar-refractivity contribution in [1.82, 2.24) is 0 Å². The van der Waals surface area contributed by atoms with Gasteiger partial charge in [0.1, 0.15) is 11.8 Å². The number of ether oxygens (including phenoxy) is 1. The largest absolute Gasteiger partial charge is 0.500 e. The van der Waals surface area contributed by atoms with Crippen molar-refractivity contribution >= 4 is 5.91 Å². The molecule has 1 amide bonds. The summed E-state index contributed by atoms with van der Waals surface area (Å²) in [5.41, 5.74) is 4.80. The number of carbonyl (C=O) groups is 1. The predicted molar refractivity (Wildman–Crippen MR) is 39.1 cm³/mol. The van der Waals surface area contributed by atoms with Gasteiger partial charge in [-0.3, -0.25) is 4.79 Å². The van der Waals surface area contributed by atoms with E-state index in [1.165, 1.54) is 7.11 Å². The molecule has 2 N–H and O–H groups in total. The molecule has 60 valence electrons. The van der Waals surface area contributed by atoms with E-state index in [9.17, 15) is 4.79 Å². The van der Waals surface area contributed by atoms with E-state index in [2.05, 4.69) is 0 Å². The van der Waals surface area contributed by atoms with E-state index in [1.54, 1.807) is 13.0 Å². The summed E-state index contributed by atoms with van der Waals surface area (Å²) >= 11 is 0.